The summed E-state index contributed by atoms with van der Waals surface area (Å²) in [5.74, 6) is -0.449. The van der Waals surface area contributed by atoms with Crippen molar-refractivity contribution in [1.29, 1.82) is 0 Å². The van der Waals surface area contributed by atoms with Crippen molar-refractivity contribution in [2.45, 2.75) is 6.42 Å². The second kappa shape index (κ2) is 17.3. The summed E-state index contributed by atoms with van der Waals surface area (Å²) in [7, 11) is 5.88. The molecule has 14 nitrogen and oxygen atoms in total. The first-order valence-electron chi connectivity index (χ1n) is 14.4. The van der Waals surface area contributed by atoms with E-state index in [2.05, 4.69) is 21.1 Å². The van der Waals surface area contributed by atoms with Crippen molar-refractivity contribution < 1.29 is 47.6 Å². The molecule has 0 unspecified atom stereocenters. The number of carbonyl (C=O) groups excluding carboxylic acids is 4. The minimum Gasteiger partial charge on any atom is -0.497 e. The van der Waals surface area contributed by atoms with E-state index in [4.69, 9.17) is 28.4 Å². The number of amides is 2. The van der Waals surface area contributed by atoms with Crippen molar-refractivity contribution >= 4 is 36.2 Å². The fraction of sp³-hybridized carbons (Fsp3) is 0.143. The van der Waals surface area contributed by atoms with Crippen molar-refractivity contribution in [3.05, 3.63) is 107 Å². The number of hydrogen-bond donors (Lipinski definition) is 2. The molecule has 252 valence electrons. The first-order chi connectivity index (χ1) is 23.7. The molecule has 0 spiro atoms. The number of carbonyl (C=O) groups is 4. The molecule has 0 saturated carbocycles. The van der Waals surface area contributed by atoms with E-state index < -0.39 is 30.2 Å². The van der Waals surface area contributed by atoms with Gasteiger partial charge in [-0.3, -0.25) is 9.59 Å². The fourth-order valence-corrected chi connectivity index (χ4v) is 4.05. The standard InChI is InChI=1S/C35H32N4O10/c1-44-26-11-7-24(8-12-26)34(42)48-28-15-5-22(17-30(28)46-3)20-36-38-32(40)19-33(41)39-37-21-23-6-16-29(31(18-23)47-4)49-35(43)25-9-13-27(45-2)14-10-25/h5-18,20-21H,19H2,1-4H3,(H,38,40)(H,39,41). The monoisotopic (exact) mass is 668 g/mol. The molecule has 14 heteroatoms. The largest absolute Gasteiger partial charge is 0.497 e. The smallest absolute Gasteiger partial charge is 0.343 e. The zero-order valence-electron chi connectivity index (χ0n) is 26.9. The van der Waals surface area contributed by atoms with Crippen molar-refractivity contribution in [2.24, 2.45) is 10.2 Å². The third-order valence-electron chi connectivity index (χ3n) is 6.56. The number of esters is 2. The molecule has 0 atom stereocenters. The highest BCUT2D eigenvalue weighted by atomic mass is 16.6. The van der Waals surface area contributed by atoms with Gasteiger partial charge in [0.2, 0.25) is 11.8 Å². The Hall–Kier alpha value is -6.70. The van der Waals surface area contributed by atoms with Crippen molar-refractivity contribution in [3.63, 3.8) is 0 Å². The maximum absolute atomic E-state index is 12.5. The average Bonchev–Trinajstić information content (AvgIpc) is 3.12. The van der Waals surface area contributed by atoms with Crippen molar-refractivity contribution in [3.8, 4) is 34.5 Å². The molecule has 0 saturated heterocycles. The molecule has 0 fully saturated rings. The maximum Gasteiger partial charge on any atom is 0.343 e. The molecule has 2 N–H and O–H groups in total. The lowest BCUT2D eigenvalue weighted by molar-refractivity contribution is -0.129. The average molecular weight is 669 g/mol. The summed E-state index contributed by atoms with van der Waals surface area (Å²) >= 11 is 0. The van der Waals surface area contributed by atoms with E-state index in [1.165, 1.54) is 53.0 Å². The molecule has 4 rings (SSSR count). The zero-order valence-corrected chi connectivity index (χ0v) is 26.9. The van der Waals surface area contributed by atoms with Gasteiger partial charge in [0, 0.05) is 0 Å². The van der Waals surface area contributed by atoms with Gasteiger partial charge in [0.15, 0.2) is 23.0 Å². The molecule has 0 bridgehead atoms. The van der Waals surface area contributed by atoms with Crippen LogP contribution in [-0.2, 0) is 9.59 Å². The Kier molecular flexibility index (Phi) is 12.4. The third kappa shape index (κ3) is 10.1. The van der Waals surface area contributed by atoms with Crippen LogP contribution in [0.3, 0.4) is 0 Å². The van der Waals surface area contributed by atoms with Gasteiger partial charge >= 0.3 is 11.9 Å². The van der Waals surface area contributed by atoms with Gasteiger partial charge in [-0.2, -0.15) is 10.2 Å². The molecule has 4 aromatic rings. The van der Waals surface area contributed by atoms with Gasteiger partial charge in [0.25, 0.3) is 0 Å². The number of benzene rings is 4. The minimum atomic E-state index is -0.689. The van der Waals surface area contributed by atoms with Crippen LogP contribution in [0.2, 0.25) is 0 Å². The Morgan fingerprint density at radius 3 is 1.27 bits per heavy atom. The maximum atomic E-state index is 12.5. The molecule has 0 aromatic heterocycles. The topological polar surface area (TPSA) is 172 Å². The normalized spacial score (nSPS) is 10.7. The molecular weight excluding hydrogens is 636 g/mol. The number of hydrogen-bond acceptors (Lipinski definition) is 12. The molecule has 49 heavy (non-hydrogen) atoms. The molecule has 0 radical (unpaired) electrons. The highest BCUT2D eigenvalue weighted by Gasteiger charge is 2.15. The Morgan fingerprint density at radius 1 is 0.531 bits per heavy atom. The van der Waals surface area contributed by atoms with Gasteiger partial charge in [-0.1, -0.05) is 0 Å². The lowest BCUT2D eigenvalue weighted by Crippen LogP contribution is -2.27. The lowest BCUT2D eigenvalue weighted by atomic mass is 10.2. The van der Waals surface area contributed by atoms with Crippen LogP contribution < -0.4 is 39.3 Å². The number of nitrogens with zero attached hydrogens (tertiary/aromatic N) is 2. The van der Waals surface area contributed by atoms with Crippen LogP contribution in [0.4, 0.5) is 0 Å². The van der Waals surface area contributed by atoms with Gasteiger partial charge in [-0.15, -0.1) is 0 Å². The predicted octanol–water partition coefficient (Wildman–Crippen LogP) is 4.15. The summed E-state index contributed by atoms with van der Waals surface area (Å²) in [4.78, 5) is 49.4. The summed E-state index contributed by atoms with van der Waals surface area (Å²) in [6.07, 6.45) is 2.11. The van der Waals surface area contributed by atoms with E-state index >= 15 is 0 Å². The Morgan fingerprint density at radius 2 is 0.918 bits per heavy atom. The molecule has 0 heterocycles. The minimum absolute atomic E-state index is 0.185. The van der Waals surface area contributed by atoms with E-state index in [0.29, 0.717) is 33.8 Å². The van der Waals surface area contributed by atoms with Crippen LogP contribution in [0.1, 0.15) is 38.3 Å². The van der Waals surface area contributed by atoms with E-state index in [1.54, 1.807) is 72.8 Å². The predicted molar refractivity (Wildman–Crippen MR) is 178 cm³/mol. The Bertz CT molecular complexity index is 1720. The van der Waals surface area contributed by atoms with E-state index in [0.717, 1.165) is 0 Å². The van der Waals surface area contributed by atoms with Crippen LogP contribution in [-0.4, -0.2) is 64.6 Å². The first-order valence-corrected chi connectivity index (χ1v) is 14.4. The number of methoxy groups -OCH3 is 4. The van der Waals surface area contributed by atoms with E-state index in [9.17, 15) is 19.2 Å². The van der Waals surface area contributed by atoms with E-state index in [-0.39, 0.29) is 23.0 Å². The molecule has 0 aliphatic heterocycles. The molecule has 0 aliphatic carbocycles. The van der Waals surface area contributed by atoms with Crippen LogP contribution >= 0.6 is 0 Å². The fourth-order valence-electron chi connectivity index (χ4n) is 4.05. The number of hydrazone groups is 2. The second-order valence-electron chi connectivity index (χ2n) is 9.82. The van der Waals surface area contributed by atoms with Gasteiger partial charge in [0.1, 0.15) is 17.9 Å². The number of rotatable bonds is 14. The van der Waals surface area contributed by atoms with Crippen LogP contribution in [0.25, 0.3) is 0 Å². The second-order valence-corrected chi connectivity index (χ2v) is 9.82. The molecular formula is C35H32N4O10. The summed E-state index contributed by atoms with van der Waals surface area (Å²) < 4.78 is 31.7. The number of nitrogens with one attached hydrogen (secondary N) is 2. The van der Waals surface area contributed by atoms with Gasteiger partial charge < -0.3 is 28.4 Å². The van der Waals surface area contributed by atoms with Gasteiger partial charge in [0.05, 0.1) is 52.0 Å². The van der Waals surface area contributed by atoms with E-state index in [1.807, 2.05) is 0 Å². The molecule has 0 aliphatic rings. The van der Waals surface area contributed by atoms with Gasteiger partial charge in [-0.05, 0) is 96.1 Å². The number of ether oxygens (including phenoxy) is 6. The highest BCUT2D eigenvalue weighted by Crippen LogP contribution is 2.30. The Labute approximate surface area is 281 Å². The van der Waals surface area contributed by atoms with Crippen LogP contribution in [0, 0.1) is 0 Å². The molecule has 2 amide bonds. The zero-order chi connectivity index (χ0) is 35.2. The first kappa shape index (κ1) is 35.2. The SMILES string of the molecule is COc1ccc(C(=O)Oc2ccc(C=NNC(=O)CC(=O)NN=Cc3ccc(OC(=O)c4ccc(OC)cc4)c(OC)c3)cc2OC)cc1. The van der Waals surface area contributed by atoms with Crippen LogP contribution in [0.15, 0.2) is 95.1 Å². The van der Waals surface area contributed by atoms with Crippen LogP contribution in [0.5, 0.6) is 34.5 Å². The molecule has 4 aromatic carbocycles. The Balaban J connectivity index is 1.24. The van der Waals surface area contributed by atoms with Crippen molar-refractivity contribution in [2.75, 3.05) is 28.4 Å². The van der Waals surface area contributed by atoms with Gasteiger partial charge in [-0.25, -0.2) is 20.4 Å². The summed E-state index contributed by atoms with van der Waals surface area (Å²) in [6.45, 7) is 0. The summed E-state index contributed by atoms with van der Waals surface area (Å²) in [5, 5.41) is 7.71. The van der Waals surface area contributed by atoms with Crippen molar-refractivity contribution in [1.82, 2.24) is 10.9 Å². The summed E-state index contributed by atoms with van der Waals surface area (Å²) in [5.41, 5.74) is 6.21. The summed E-state index contributed by atoms with van der Waals surface area (Å²) in [6, 6.07) is 22.2. The highest BCUT2D eigenvalue weighted by molar-refractivity contribution is 5.97. The lowest BCUT2D eigenvalue weighted by Gasteiger charge is -2.10. The third-order valence-corrected chi connectivity index (χ3v) is 6.56. The quantitative estimate of drug-likeness (QED) is 0.0654.